The van der Waals surface area contributed by atoms with Crippen LogP contribution in [0.5, 0.6) is 17.2 Å². The van der Waals surface area contributed by atoms with E-state index in [2.05, 4.69) is 0 Å². The first-order valence-electron chi connectivity index (χ1n) is 9.64. The lowest BCUT2D eigenvalue weighted by molar-refractivity contribution is 0.0693. The van der Waals surface area contributed by atoms with Crippen LogP contribution in [0.2, 0.25) is 0 Å². The summed E-state index contributed by atoms with van der Waals surface area (Å²) in [5.41, 5.74) is 0.974. The zero-order valence-corrected chi connectivity index (χ0v) is 18.1. The van der Waals surface area contributed by atoms with E-state index in [0.29, 0.717) is 29.2 Å². The van der Waals surface area contributed by atoms with Crippen LogP contribution in [0, 0.1) is 0 Å². The van der Waals surface area contributed by atoms with Gasteiger partial charge in [0.2, 0.25) is 10.0 Å². The number of fused-ring (bicyclic) bond motifs is 1. The van der Waals surface area contributed by atoms with E-state index in [1.54, 1.807) is 18.2 Å². The fraction of sp³-hybridized carbons (Fsp3) is 0.227. The topological polar surface area (TPSA) is 127 Å². The van der Waals surface area contributed by atoms with E-state index in [9.17, 15) is 23.4 Å². The number of hydrogen-bond acceptors (Lipinski definition) is 7. The van der Waals surface area contributed by atoms with Crippen molar-refractivity contribution in [2.75, 3.05) is 20.8 Å². The Kier molecular flexibility index (Phi) is 5.57. The second-order valence-corrected chi connectivity index (χ2v) is 9.06. The number of phenols is 1. The molecule has 1 aliphatic heterocycles. The maximum atomic E-state index is 13.7. The van der Waals surface area contributed by atoms with Gasteiger partial charge in [0.05, 0.1) is 25.4 Å². The Morgan fingerprint density at radius 3 is 2.56 bits per heavy atom. The Balaban J connectivity index is 1.90. The number of methoxy groups -OCH3 is 2. The van der Waals surface area contributed by atoms with Gasteiger partial charge < -0.3 is 24.1 Å². The summed E-state index contributed by atoms with van der Waals surface area (Å²) in [7, 11) is -1.16. The molecule has 4 rings (SSSR count). The van der Waals surface area contributed by atoms with Crippen molar-refractivity contribution in [3.8, 4) is 17.2 Å². The molecule has 0 bridgehead atoms. The van der Waals surface area contributed by atoms with E-state index in [1.165, 1.54) is 30.9 Å². The Labute approximate surface area is 184 Å². The molecule has 3 aromatic rings. The van der Waals surface area contributed by atoms with E-state index in [0.717, 1.165) is 17.7 Å². The molecule has 1 aliphatic rings. The maximum Gasteiger partial charge on any atom is 0.339 e. The molecule has 168 valence electrons. The number of carboxylic acid groups (broad SMARTS) is 1. The Morgan fingerprint density at radius 1 is 1.16 bits per heavy atom. The normalized spacial score (nSPS) is 16.4. The number of nitrogens with zero attached hydrogens (tertiary/aromatic N) is 1. The standard InChI is InChI=1S/C22H21NO8S/c1-29-14-10-13-7-8-23(21(18-4-3-9-31-18)20(13)19(11-14)30-2)32(27,28)15-5-6-17(24)16(12-15)22(25)26/h3-6,9-12,21,24H,7-8H2,1-2H3,(H,25,26). The molecular weight excluding hydrogens is 438 g/mol. The van der Waals surface area contributed by atoms with E-state index in [-0.39, 0.29) is 11.4 Å². The van der Waals surface area contributed by atoms with Gasteiger partial charge in [-0.05, 0) is 48.4 Å². The maximum absolute atomic E-state index is 13.7. The molecule has 32 heavy (non-hydrogen) atoms. The van der Waals surface area contributed by atoms with Crippen LogP contribution >= 0.6 is 0 Å². The first kappa shape index (κ1) is 21.7. The fourth-order valence-electron chi connectivity index (χ4n) is 3.94. The predicted octanol–water partition coefficient (Wildman–Crippen LogP) is 3.04. The van der Waals surface area contributed by atoms with Crippen molar-refractivity contribution in [2.45, 2.75) is 17.4 Å². The van der Waals surface area contributed by atoms with E-state index in [1.807, 2.05) is 6.07 Å². The average Bonchev–Trinajstić information content (AvgIpc) is 3.31. The fourth-order valence-corrected chi connectivity index (χ4v) is 5.53. The molecule has 0 radical (unpaired) electrons. The number of aromatic hydroxyl groups is 1. The number of benzene rings is 2. The molecule has 0 saturated heterocycles. The van der Waals surface area contributed by atoms with Gasteiger partial charge in [-0.2, -0.15) is 4.31 Å². The van der Waals surface area contributed by atoms with Crippen LogP contribution < -0.4 is 9.47 Å². The smallest absolute Gasteiger partial charge is 0.339 e. The second kappa shape index (κ2) is 8.21. The average molecular weight is 459 g/mol. The molecule has 1 atom stereocenters. The van der Waals surface area contributed by atoms with Gasteiger partial charge in [-0.25, -0.2) is 13.2 Å². The van der Waals surface area contributed by atoms with Crippen molar-refractivity contribution in [2.24, 2.45) is 0 Å². The summed E-state index contributed by atoms with van der Waals surface area (Å²) < 4.78 is 45.1. The van der Waals surface area contributed by atoms with Crippen LogP contribution in [0.3, 0.4) is 0 Å². The summed E-state index contributed by atoms with van der Waals surface area (Å²) in [6.07, 6.45) is 1.83. The summed E-state index contributed by atoms with van der Waals surface area (Å²) >= 11 is 0. The first-order chi connectivity index (χ1) is 15.3. The first-order valence-corrected chi connectivity index (χ1v) is 11.1. The van der Waals surface area contributed by atoms with Gasteiger partial charge in [-0.1, -0.05) is 0 Å². The minimum atomic E-state index is -4.18. The Hall–Kier alpha value is -3.50. The van der Waals surface area contributed by atoms with E-state index in [4.69, 9.17) is 13.9 Å². The third-order valence-electron chi connectivity index (χ3n) is 5.44. The van der Waals surface area contributed by atoms with Crippen molar-refractivity contribution >= 4 is 16.0 Å². The lowest BCUT2D eigenvalue weighted by Crippen LogP contribution is -2.40. The second-order valence-electron chi connectivity index (χ2n) is 7.17. The largest absolute Gasteiger partial charge is 0.507 e. The molecule has 10 heteroatoms. The van der Waals surface area contributed by atoms with Crippen LogP contribution in [0.1, 0.15) is 33.3 Å². The van der Waals surface area contributed by atoms with Crippen LogP contribution in [0.4, 0.5) is 0 Å². The molecule has 2 aromatic carbocycles. The molecule has 2 N–H and O–H groups in total. The minimum Gasteiger partial charge on any atom is -0.507 e. The van der Waals surface area contributed by atoms with E-state index < -0.39 is 33.3 Å². The molecule has 2 heterocycles. The number of furan rings is 1. The van der Waals surface area contributed by atoms with Gasteiger partial charge in [0.1, 0.15) is 34.6 Å². The highest BCUT2D eigenvalue weighted by Crippen LogP contribution is 2.45. The highest BCUT2D eigenvalue weighted by Gasteiger charge is 2.41. The number of carboxylic acids is 1. The lowest BCUT2D eigenvalue weighted by Gasteiger charge is -2.36. The molecule has 0 saturated carbocycles. The molecular formula is C22H21NO8S. The molecule has 1 unspecified atom stereocenters. The van der Waals surface area contributed by atoms with Gasteiger partial charge in [0, 0.05) is 18.2 Å². The number of sulfonamides is 1. The number of hydrogen-bond donors (Lipinski definition) is 2. The van der Waals surface area contributed by atoms with Crippen LogP contribution in [0.25, 0.3) is 0 Å². The van der Waals surface area contributed by atoms with Crippen molar-refractivity contribution in [3.05, 3.63) is 71.2 Å². The number of rotatable bonds is 6. The van der Waals surface area contributed by atoms with Gasteiger partial charge >= 0.3 is 5.97 Å². The summed E-state index contributed by atoms with van der Waals surface area (Å²) in [5, 5.41) is 19.1. The molecule has 0 spiro atoms. The number of ether oxygens (including phenoxy) is 2. The monoisotopic (exact) mass is 459 g/mol. The van der Waals surface area contributed by atoms with E-state index >= 15 is 0 Å². The predicted molar refractivity (Wildman–Crippen MR) is 113 cm³/mol. The third-order valence-corrected chi connectivity index (χ3v) is 7.30. The van der Waals surface area contributed by atoms with Crippen LogP contribution in [0.15, 0.2) is 58.0 Å². The summed E-state index contributed by atoms with van der Waals surface area (Å²) in [6, 6.07) is 9.18. The van der Waals surface area contributed by atoms with Crippen molar-refractivity contribution < 1.29 is 37.3 Å². The van der Waals surface area contributed by atoms with Crippen LogP contribution in [-0.2, 0) is 16.4 Å². The van der Waals surface area contributed by atoms with Crippen molar-refractivity contribution in [1.29, 1.82) is 0 Å². The summed E-state index contributed by atoms with van der Waals surface area (Å²) in [5.74, 6) is -0.538. The van der Waals surface area contributed by atoms with Crippen LogP contribution in [-0.4, -0.2) is 49.7 Å². The Morgan fingerprint density at radius 2 is 1.94 bits per heavy atom. The molecule has 9 nitrogen and oxygen atoms in total. The molecule has 0 fully saturated rings. The highest BCUT2D eigenvalue weighted by atomic mass is 32.2. The molecule has 0 aliphatic carbocycles. The quantitative estimate of drug-likeness (QED) is 0.576. The third kappa shape index (κ3) is 3.57. The zero-order chi connectivity index (χ0) is 23.0. The highest BCUT2D eigenvalue weighted by molar-refractivity contribution is 7.89. The number of carbonyl (C=O) groups is 1. The zero-order valence-electron chi connectivity index (χ0n) is 17.3. The van der Waals surface area contributed by atoms with Gasteiger partial charge in [-0.3, -0.25) is 0 Å². The van der Waals surface area contributed by atoms with Crippen molar-refractivity contribution in [1.82, 2.24) is 4.31 Å². The summed E-state index contributed by atoms with van der Waals surface area (Å²) in [4.78, 5) is 11.2. The Bertz CT molecular complexity index is 1250. The lowest BCUT2D eigenvalue weighted by atomic mass is 9.91. The molecule has 1 aromatic heterocycles. The van der Waals surface area contributed by atoms with Crippen molar-refractivity contribution in [3.63, 3.8) is 0 Å². The van der Waals surface area contributed by atoms with Gasteiger partial charge in [-0.15, -0.1) is 0 Å². The SMILES string of the molecule is COc1cc2c(c(OC)c1)C(c1ccco1)N(S(=O)(=O)c1ccc(O)c(C(=O)O)c1)CC2. The summed E-state index contributed by atoms with van der Waals surface area (Å²) in [6.45, 7) is 0.111. The van der Waals surface area contributed by atoms with Gasteiger partial charge in [0.15, 0.2) is 0 Å². The minimum absolute atomic E-state index is 0.111. The molecule has 0 amide bonds. The number of aromatic carboxylic acids is 1. The van der Waals surface area contributed by atoms with Gasteiger partial charge in [0.25, 0.3) is 0 Å².